The quantitative estimate of drug-likeness (QED) is 0.844. The number of carbonyl (C=O) groups is 1. The summed E-state index contributed by atoms with van der Waals surface area (Å²) in [5, 5.41) is 6.13. The maximum atomic E-state index is 12.7. The number of aryl methyl sites for hydroxylation is 1. The molecule has 1 atom stereocenters. The van der Waals surface area contributed by atoms with E-state index < -0.39 is 0 Å². The monoisotopic (exact) mass is 333 g/mol. The van der Waals surface area contributed by atoms with Gasteiger partial charge in [-0.15, -0.1) is 11.3 Å². The van der Waals surface area contributed by atoms with E-state index in [4.69, 9.17) is 4.52 Å². The van der Waals surface area contributed by atoms with Crippen LogP contribution in [0.25, 0.3) is 0 Å². The van der Waals surface area contributed by atoms with Crippen LogP contribution in [0.1, 0.15) is 41.3 Å². The van der Waals surface area contributed by atoms with Gasteiger partial charge in [0.05, 0.1) is 18.3 Å². The third-order valence-electron chi connectivity index (χ3n) is 4.32. The number of amides is 1. The molecule has 0 aromatic carbocycles. The molecule has 23 heavy (non-hydrogen) atoms. The molecule has 0 aliphatic carbocycles. The molecular weight excluding hydrogens is 310 g/mol. The molecular formula is C17H23N3O2S. The van der Waals surface area contributed by atoms with Gasteiger partial charge in [-0.3, -0.25) is 9.69 Å². The number of thiophene rings is 1. The van der Waals surface area contributed by atoms with Gasteiger partial charge in [-0.05, 0) is 43.8 Å². The van der Waals surface area contributed by atoms with E-state index >= 15 is 0 Å². The second-order valence-corrected chi connectivity index (χ2v) is 7.16. The minimum atomic E-state index is 0.191. The highest BCUT2D eigenvalue weighted by molar-refractivity contribution is 7.10. The van der Waals surface area contributed by atoms with Crippen molar-refractivity contribution in [2.24, 2.45) is 0 Å². The molecule has 3 heterocycles. The third kappa shape index (κ3) is 3.48. The normalized spacial score (nSPS) is 17.6. The van der Waals surface area contributed by atoms with Crippen LogP contribution in [0.5, 0.6) is 0 Å². The molecule has 1 amide bonds. The summed E-state index contributed by atoms with van der Waals surface area (Å²) in [4.78, 5) is 18.2. The van der Waals surface area contributed by atoms with E-state index in [1.807, 2.05) is 41.2 Å². The van der Waals surface area contributed by atoms with Gasteiger partial charge < -0.3 is 9.42 Å². The first kappa shape index (κ1) is 16.2. The van der Waals surface area contributed by atoms with E-state index in [9.17, 15) is 4.79 Å². The van der Waals surface area contributed by atoms with Crippen molar-refractivity contribution in [1.82, 2.24) is 15.0 Å². The number of hydrogen-bond donors (Lipinski definition) is 0. The maximum absolute atomic E-state index is 12.7. The van der Waals surface area contributed by atoms with Crippen LogP contribution in [-0.4, -0.2) is 41.0 Å². The zero-order valence-corrected chi connectivity index (χ0v) is 14.7. The van der Waals surface area contributed by atoms with Crippen LogP contribution in [0.3, 0.4) is 0 Å². The molecule has 6 heteroatoms. The van der Waals surface area contributed by atoms with Crippen LogP contribution in [0.4, 0.5) is 0 Å². The van der Waals surface area contributed by atoms with Crippen LogP contribution >= 0.6 is 11.3 Å². The second kappa shape index (κ2) is 6.84. The average molecular weight is 333 g/mol. The summed E-state index contributed by atoms with van der Waals surface area (Å²) in [6, 6.07) is 4.31. The van der Waals surface area contributed by atoms with Gasteiger partial charge in [-0.1, -0.05) is 12.1 Å². The maximum Gasteiger partial charge on any atom is 0.237 e. The fourth-order valence-electron chi connectivity index (χ4n) is 3.28. The summed E-state index contributed by atoms with van der Waals surface area (Å²) < 4.78 is 5.08. The number of fused-ring (bicyclic) bond motifs is 1. The molecule has 2 aromatic heterocycles. The van der Waals surface area contributed by atoms with Crippen molar-refractivity contribution in [1.29, 1.82) is 0 Å². The molecule has 0 spiro atoms. The predicted octanol–water partition coefficient (Wildman–Crippen LogP) is 3.01. The molecule has 0 radical (unpaired) electrons. The van der Waals surface area contributed by atoms with E-state index in [1.54, 1.807) is 0 Å². The first-order chi connectivity index (χ1) is 11.1. The Morgan fingerprint density at radius 1 is 1.57 bits per heavy atom. The summed E-state index contributed by atoms with van der Waals surface area (Å²) in [5.74, 6) is 0.989. The highest BCUT2D eigenvalue weighted by Gasteiger charge is 2.30. The lowest BCUT2D eigenvalue weighted by Crippen LogP contribution is -2.44. The number of rotatable bonds is 5. The van der Waals surface area contributed by atoms with Gasteiger partial charge in [-0.2, -0.15) is 0 Å². The van der Waals surface area contributed by atoms with Crippen molar-refractivity contribution in [3.05, 3.63) is 39.4 Å². The fourth-order valence-corrected chi connectivity index (χ4v) is 4.21. The summed E-state index contributed by atoms with van der Waals surface area (Å²) in [5.41, 5.74) is 2.20. The molecule has 0 bridgehead atoms. The van der Waals surface area contributed by atoms with Crippen molar-refractivity contribution in [3.8, 4) is 0 Å². The Morgan fingerprint density at radius 2 is 2.39 bits per heavy atom. The second-order valence-electron chi connectivity index (χ2n) is 6.16. The van der Waals surface area contributed by atoms with Crippen LogP contribution < -0.4 is 0 Å². The van der Waals surface area contributed by atoms with Gasteiger partial charge >= 0.3 is 0 Å². The smallest absolute Gasteiger partial charge is 0.237 e. The topological polar surface area (TPSA) is 49.6 Å². The van der Waals surface area contributed by atoms with Gasteiger partial charge in [-0.25, -0.2) is 0 Å². The Labute approximate surface area is 140 Å². The van der Waals surface area contributed by atoms with E-state index in [0.717, 1.165) is 30.8 Å². The summed E-state index contributed by atoms with van der Waals surface area (Å²) >= 11 is 1.81. The molecule has 124 valence electrons. The molecule has 2 aromatic rings. The van der Waals surface area contributed by atoms with Gasteiger partial charge in [0.2, 0.25) is 5.91 Å². The summed E-state index contributed by atoms with van der Waals surface area (Å²) in [7, 11) is 1.95. The minimum Gasteiger partial charge on any atom is -0.361 e. The first-order valence-corrected chi connectivity index (χ1v) is 8.93. The third-order valence-corrected chi connectivity index (χ3v) is 5.31. The van der Waals surface area contributed by atoms with Gasteiger partial charge in [0.25, 0.3) is 0 Å². The van der Waals surface area contributed by atoms with E-state index in [2.05, 4.69) is 23.5 Å². The Bertz CT molecular complexity index is 679. The largest absolute Gasteiger partial charge is 0.361 e. The number of carbonyl (C=O) groups excluding carboxylic acids is 1. The average Bonchev–Trinajstić information content (AvgIpc) is 3.14. The van der Waals surface area contributed by atoms with Crippen molar-refractivity contribution in [2.45, 2.75) is 39.3 Å². The molecule has 1 aliphatic heterocycles. The van der Waals surface area contributed by atoms with Gasteiger partial charge in [0.15, 0.2) is 0 Å². The van der Waals surface area contributed by atoms with Crippen LogP contribution in [0, 0.1) is 6.92 Å². The Balaban J connectivity index is 1.63. The number of aromatic nitrogens is 1. The lowest BCUT2D eigenvalue weighted by atomic mass is 9.97. The fraction of sp³-hybridized carbons (Fsp3) is 0.529. The molecule has 0 N–H and O–H groups in total. The minimum absolute atomic E-state index is 0.191. The van der Waals surface area contributed by atoms with Crippen molar-refractivity contribution in [3.63, 3.8) is 0 Å². The molecule has 1 aliphatic rings. The summed E-state index contributed by atoms with van der Waals surface area (Å²) in [6.45, 7) is 5.88. The van der Waals surface area contributed by atoms with E-state index in [-0.39, 0.29) is 11.9 Å². The predicted molar refractivity (Wildman–Crippen MR) is 90.3 cm³/mol. The van der Waals surface area contributed by atoms with Gasteiger partial charge in [0, 0.05) is 24.0 Å². The number of likely N-dealkylation sites (N-methyl/N-ethyl adjacent to an activating group) is 1. The van der Waals surface area contributed by atoms with Crippen molar-refractivity contribution in [2.75, 3.05) is 20.1 Å². The highest BCUT2D eigenvalue weighted by atomic mass is 32.1. The molecule has 3 rings (SSSR count). The lowest BCUT2D eigenvalue weighted by molar-refractivity contribution is -0.135. The number of nitrogens with zero attached hydrogens (tertiary/aromatic N) is 3. The molecule has 0 saturated carbocycles. The standard InChI is InChI=1S/C17H23N3O2S/c1-4-15-14-6-8-23-16(14)5-7-20(15)17(21)11-19(3)10-13-9-12(2)22-18-13/h6,8-9,15H,4-5,7,10-11H2,1-3H3. The van der Waals surface area contributed by atoms with Crippen LogP contribution in [0.2, 0.25) is 0 Å². The Morgan fingerprint density at radius 3 is 3.09 bits per heavy atom. The van der Waals surface area contributed by atoms with Crippen LogP contribution in [-0.2, 0) is 17.8 Å². The van der Waals surface area contributed by atoms with Crippen molar-refractivity contribution >= 4 is 17.2 Å². The lowest BCUT2D eigenvalue weighted by Gasteiger charge is -2.36. The van der Waals surface area contributed by atoms with E-state index in [0.29, 0.717) is 13.1 Å². The molecule has 1 unspecified atom stereocenters. The zero-order valence-electron chi connectivity index (χ0n) is 13.9. The molecule has 0 saturated heterocycles. The first-order valence-electron chi connectivity index (χ1n) is 8.05. The Kier molecular flexibility index (Phi) is 4.82. The highest BCUT2D eigenvalue weighted by Crippen LogP contribution is 2.35. The van der Waals surface area contributed by atoms with Gasteiger partial charge in [0.1, 0.15) is 5.76 Å². The van der Waals surface area contributed by atoms with Crippen molar-refractivity contribution < 1.29 is 9.32 Å². The van der Waals surface area contributed by atoms with E-state index in [1.165, 1.54) is 10.4 Å². The van der Waals surface area contributed by atoms with Crippen LogP contribution in [0.15, 0.2) is 22.0 Å². The zero-order chi connectivity index (χ0) is 16.4. The molecule has 0 fully saturated rings. The molecule has 5 nitrogen and oxygen atoms in total. The summed E-state index contributed by atoms with van der Waals surface area (Å²) in [6.07, 6.45) is 1.93. The number of hydrogen-bond acceptors (Lipinski definition) is 5. The Hall–Kier alpha value is -1.66. The SMILES string of the molecule is CCC1c2ccsc2CCN1C(=O)CN(C)Cc1cc(C)on1.